The number of ether oxygens (including phenoxy) is 1. The van der Waals surface area contributed by atoms with Gasteiger partial charge in [-0.15, -0.1) is 0 Å². The Bertz CT molecular complexity index is 100. The Morgan fingerprint density at radius 1 is 1.25 bits per heavy atom. The number of rotatable bonds is 6. The van der Waals surface area contributed by atoms with Crippen molar-refractivity contribution in [3.63, 3.8) is 0 Å². The SMILES string of the molecule is CCC(CC)(CN)OCC(C)C. The average Bonchev–Trinajstić information content (AvgIpc) is 2.08. The first-order valence-corrected chi connectivity index (χ1v) is 4.94. The quantitative estimate of drug-likeness (QED) is 0.668. The van der Waals surface area contributed by atoms with Gasteiger partial charge in [0.15, 0.2) is 0 Å². The molecule has 2 nitrogen and oxygen atoms in total. The van der Waals surface area contributed by atoms with Crippen molar-refractivity contribution in [3.8, 4) is 0 Å². The highest BCUT2D eigenvalue weighted by Crippen LogP contribution is 2.19. The second-order valence-electron chi connectivity index (χ2n) is 3.80. The van der Waals surface area contributed by atoms with Crippen LogP contribution in [-0.4, -0.2) is 18.8 Å². The van der Waals surface area contributed by atoms with Crippen molar-refractivity contribution in [2.45, 2.75) is 46.1 Å². The maximum Gasteiger partial charge on any atom is 0.0799 e. The minimum Gasteiger partial charge on any atom is -0.373 e. The lowest BCUT2D eigenvalue weighted by Gasteiger charge is -2.31. The molecule has 0 aromatic carbocycles. The van der Waals surface area contributed by atoms with Crippen LogP contribution in [0.5, 0.6) is 0 Å². The summed E-state index contributed by atoms with van der Waals surface area (Å²) in [6, 6.07) is 0. The third-order valence-electron chi connectivity index (χ3n) is 2.38. The Hall–Kier alpha value is -0.0800. The summed E-state index contributed by atoms with van der Waals surface area (Å²) in [6.45, 7) is 10.0. The van der Waals surface area contributed by atoms with Gasteiger partial charge in [-0.3, -0.25) is 0 Å². The molecule has 0 radical (unpaired) electrons. The van der Waals surface area contributed by atoms with Crippen molar-refractivity contribution in [3.05, 3.63) is 0 Å². The van der Waals surface area contributed by atoms with Crippen molar-refractivity contribution >= 4 is 0 Å². The molecule has 0 aromatic rings. The number of nitrogens with two attached hydrogens (primary N) is 1. The van der Waals surface area contributed by atoms with Gasteiger partial charge in [0.1, 0.15) is 0 Å². The maximum atomic E-state index is 5.81. The lowest BCUT2D eigenvalue weighted by molar-refractivity contribution is -0.0555. The van der Waals surface area contributed by atoms with E-state index < -0.39 is 0 Å². The molecule has 74 valence electrons. The van der Waals surface area contributed by atoms with Gasteiger partial charge < -0.3 is 10.5 Å². The summed E-state index contributed by atoms with van der Waals surface area (Å²) in [5, 5.41) is 0. The Morgan fingerprint density at radius 2 is 1.75 bits per heavy atom. The third kappa shape index (κ3) is 3.55. The summed E-state index contributed by atoms with van der Waals surface area (Å²) in [7, 11) is 0. The molecule has 0 aliphatic rings. The standard InChI is InChI=1S/C10H23NO/c1-5-10(6-2,8-11)12-7-9(3)4/h9H,5-8,11H2,1-4H3. The van der Waals surface area contributed by atoms with E-state index in [0.29, 0.717) is 12.5 Å². The molecular formula is C10H23NO. The van der Waals surface area contributed by atoms with Gasteiger partial charge in [0.2, 0.25) is 0 Å². The molecule has 0 saturated heterocycles. The summed E-state index contributed by atoms with van der Waals surface area (Å²) in [4.78, 5) is 0. The van der Waals surface area contributed by atoms with Gasteiger partial charge in [-0.1, -0.05) is 27.7 Å². The average molecular weight is 173 g/mol. The van der Waals surface area contributed by atoms with E-state index in [2.05, 4.69) is 27.7 Å². The molecule has 12 heavy (non-hydrogen) atoms. The maximum absolute atomic E-state index is 5.81. The van der Waals surface area contributed by atoms with Gasteiger partial charge in [-0.2, -0.15) is 0 Å². The first kappa shape index (κ1) is 11.9. The predicted molar refractivity (Wildman–Crippen MR) is 53.2 cm³/mol. The highest BCUT2D eigenvalue weighted by molar-refractivity contribution is 4.78. The molecule has 0 heterocycles. The van der Waals surface area contributed by atoms with Gasteiger partial charge >= 0.3 is 0 Å². The largest absolute Gasteiger partial charge is 0.373 e. The molecule has 0 unspecified atom stereocenters. The van der Waals surface area contributed by atoms with E-state index in [1.54, 1.807) is 0 Å². The van der Waals surface area contributed by atoms with E-state index in [4.69, 9.17) is 10.5 Å². The van der Waals surface area contributed by atoms with E-state index in [1.807, 2.05) is 0 Å². The fourth-order valence-corrected chi connectivity index (χ4v) is 1.15. The summed E-state index contributed by atoms with van der Waals surface area (Å²) in [6.07, 6.45) is 2.01. The minimum atomic E-state index is -0.0652. The molecular weight excluding hydrogens is 150 g/mol. The van der Waals surface area contributed by atoms with Gasteiger partial charge in [-0.05, 0) is 18.8 Å². The summed E-state index contributed by atoms with van der Waals surface area (Å²) in [5.41, 5.74) is 5.62. The fraction of sp³-hybridized carbons (Fsp3) is 1.00. The van der Waals surface area contributed by atoms with E-state index in [9.17, 15) is 0 Å². The summed E-state index contributed by atoms with van der Waals surface area (Å²) < 4.78 is 5.81. The van der Waals surface area contributed by atoms with Crippen molar-refractivity contribution in [2.75, 3.05) is 13.2 Å². The van der Waals surface area contributed by atoms with Gasteiger partial charge in [0, 0.05) is 13.2 Å². The predicted octanol–water partition coefficient (Wildman–Crippen LogP) is 2.18. The van der Waals surface area contributed by atoms with Crippen molar-refractivity contribution in [1.29, 1.82) is 0 Å². The highest BCUT2D eigenvalue weighted by Gasteiger charge is 2.24. The van der Waals surface area contributed by atoms with Crippen LogP contribution in [0.15, 0.2) is 0 Å². The lowest BCUT2D eigenvalue weighted by Crippen LogP contribution is -2.40. The van der Waals surface area contributed by atoms with Crippen molar-refractivity contribution in [1.82, 2.24) is 0 Å². The van der Waals surface area contributed by atoms with E-state index in [1.165, 1.54) is 0 Å². The number of hydrogen-bond acceptors (Lipinski definition) is 2. The van der Waals surface area contributed by atoms with Crippen LogP contribution in [0.3, 0.4) is 0 Å². The van der Waals surface area contributed by atoms with Crippen LogP contribution in [0.4, 0.5) is 0 Å². The smallest absolute Gasteiger partial charge is 0.0799 e. The highest BCUT2D eigenvalue weighted by atomic mass is 16.5. The Morgan fingerprint density at radius 3 is 2.00 bits per heavy atom. The molecule has 0 spiro atoms. The molecule has 0 rings (SSSR count). The van der Waals surface area contributed by atoms with Crippen LogP contribution in [0.1, 0.15) is 40.5 Å². The molecule has 2 heteroatoms. The zero-order valence-electron chi connectivity index (χ0n) is 8.89. The zero-order chi connectivity index (χ0) is 9.61. The molecule has 0 aliphatic carbocycles. The molecule has 0 amide bonds. The lowest BCUT2D eigenvalue weighted by atomic mass is 9.97. The molecule has 0 aromatic heterocycles. The molecule has 0 bridgehead atoms. The van der Waals surface area contributed by atoms with Crippen molar-refractivity contribution < 1.29 is 4.74 Å². The fourth-order valence-electron chi connectivity index (χ4n) is 1.15. The topological polar surface area (TPSA) is 35.2 Å². The minimum absolute atomic E-state index is 0.0652. The van der Waals surface area contributed by atoms with Crippen molar-refractivity contribution in [2.24, 2.45) is 11.7 Å². The van der Waals surface area contributed by atoms with E-state index >= 15 is 0 Å². The van der Waals surface area contributed by atoms with Crippen LogP contribution >= 0.6 is 0 Å². The monoisotopic (exact) mass is 173 g/mol. The second kappa shape index (κ2) is 5.55. The van der Waals surface area contributed by atoms with Crippen LogP contribution in [0, 0.1) is 5.92 Å². The first-order chi connectivity index (χ1) is 5.60. The Balaban J connectivity index is 3.93. The van der Waals surface area contributed by atoms with E-state index in [-0.39, 0.29) is 5.60 Å². The first-order valence-electron chi connectivity index (χ1n) is 4.94. The van der Waals surface area contributed by atoms with Crippen LogP contribution in [0.2, 0.25) is 0 Å². The Labute approximate surface area is 76.5 Å². The van der Waals surface area contributed by atoms with Crippen LogP contribution in [-0.2, 0) is 4.74 Å². The molecule has 0 atom stereocenters. The van der Waals surface area contributed by atoms with Gasteiger partial charge in [0.05, 0.1) is 5.60 Å². The Kier molecular flexibility index (Phi) is 5.51. The molecule has 2 N–H and O–H groups in total. The number of hydrogen-bond donors (Lipinski definition) is 1. The van der Waals surface area contributed by atoms with Gasteiger partial charge in [0.25, 0.3) is 0 Å². The molecule has 0 saturated carbocycles. The molecule has 0 fully saturated rings. The summed E-state index contributed by atoms with van der Waals surface area (Å²) >= 11 is 0. The summed E-state index contributed by atoms with van der Waals surface area (Å²) in [5.74, 6) is 0.592. The van der Waals surface area contributed by atoms with Crippen LogP contribution in [0.25, 0.3) is 0 Å². The van der Waals surface area contributed by atoms with Crippen LogP contribution < -0.4 is 5.73 Å². The molecule has 0 aliphatic heterocycles. The van der Waals surface area contributed by atoms with E-state index in [0.717, 1.165) is 19.4 Å². The normalized spacial score (nSPS) is 12.5. The second-order valence-corrected chi connectivity index (χ2v) is 3.80. The zero-order valence-corrected chi connectivity index (χ0v) is 8.89. The third-order valence-corrected chi connectivity index (χ3v) is 2.38. The van der Waals surface area contributed by atoms with Gasteiger partial charge in [-0.25, -0.2) is 0 Å².